The summed E-state index contributed by atoms with van der Waals surface area (Å²) in [7, 11) is 0. The van der Waals surface area contributed by atoms with Gasteiger partial charge in [0.15, 0.2) is 5.78 Å². The normalized spacial score (nSPS) is 15.8. The quantitative estimate of drug-likeness (QED) is 0.0444. The summed E-state index contributed by atoms with van der Waals surface area (Å²) in [5.74, 6) is -2.96. The van der Waals surface area contributed by atoms with E-state index in [1.807, 2.05) is 78.9 Å². The Bertz CT molecular complexity index is 2590. The minimum Gasteiger partial charge on any atom is -0.368 e. The molecule has 3 aromatic carbocycles. The van der Waals surface area contributed by atoms with Gasteiger partial charge in [-0.25, -0.2) is 9.78 Å². The van der Waals surface area contributed by atoms with Crippen LogP contribution in [0.2, 0.25) is 0 Å². The molecular formula is C47H56N12O6. The number of ketones is 1. The lowest BCUT2D eigenvalue weighted by Gasteiger charge is -2.42. The molecule has 4 heterocycles. The van der Waals surface area contributed by atoms with Crippen LogP contribution in [0.1, 0.15) is 48.1 Å². The molecule has 6 aromatic rings. The zero-order chi connectivity index (χ0) is 45.9. The number of hydrogen-bond donors (Lipinski definition) is 10. The summed E-state index contributed by atoms with van der Waals surface area (Å²) in [4.78, 5) is 98.1. The Morgan fingerprint density at radius 2 is 1.26 bits per heavy atom. The number of hydrogen-bond acceptors (Lipinski definition) is 9. The van der Waals surface area contributed by atoms with E-state index < -0.39 is 71.7 Å². The third-order valence-corrected chi connectivity index (χ3v) is 11.9. The average molecular weight is 885 g/mol. The molecule has 0 aliphatic carbocycles. The maximum Gasteiger partial charge on any atom is 0.318 e. The second-order valence-corrected chi connectivity index (χ2v) is 16.5. The molecule has 3 aromatic heterocycles. The predicted octanol–water partition coefficient (Wildman–Crippen LogP) is 1.76. The van der Waals surface area contributed by atoms with E-state index in [0.29, 0.717) is 31.5 Å². The van der Waals surface area contributed by atoms with E-state index in [0.717, 1.165) is 38.5 Å². The number of carbonyl (C=O) groups excluding carboxylic acids is 6. The van der Waals surface area contributed by atoms with Crippen molar-refractivity contribution in [1.82, 2.24) is 46.1 Å². The molecule has 0 radical (unpaired) electrons. The molecular weight excluding hydrogens is 829 g/mol. The lowest BCUT2D eigenvalue weighted by molar-refractivity contribution is -0.133. The smallest absolute Gasteiger partial charge is 0.318 e. The van der Waals surface area contributed by atoms with Crippen LogP contribution >= 0.6 is 0 Å². The van der Waals surface area contributed by atoms with Crippen LogP contribution in [0, 0.1) is 0 Å². The minimum atomic E-state index is -1.23. The molecule has 65 heavy (non-hydrogen) atoms. The Hall–Kier alpha value is -7.31. The van der Waals surface area contributed by atoms with Crippen LogP contribution in [0.4, 0.5) is 4.79 Å². The number of fused-ring (bicyclic) bond motifs is 2. The van der Waals surface area contributed by atoms with Crippen molar-refractivity contribution in [2.45, 2.75) is 87.6 Å². The van der Waals surface area contributed by atoms with Crippen molar-refractivity contribution in [2.24, 2.45) is 17.2 Å². The zero-order valence-corrected chi connectivity index (χ0v) is 35.9. The molecule has 1 unspecified atom stereocenters. The van der Waals surface area contributed by atoms with Crippen LogP contribution in [0.25, 0.3) is 21.8 Å². The monoisotopic (exact) mass is 884 g/mol. The van der Waals surface area contributed by atoms with Crippen molar-refractivity contribution in [3.05, 3.63) is 126 Å². The molecule has 1 aliphatic heterocycles. The first-order chi connectivity index (χ1) is 31.5. The van der Waals surface area contributed by atoms with E-state index in [1.54, 1.807) is 18.6 Å². The van der Waals surface area contributed by atoms with Crippen molar-refractivity contribution in [1.29, 1.82) is 0 Å². The minimum absolute atomic E-state index is 0.0180. The molecule has 1 saturated heterocycles. The standard InChI is InChI=1S/C47H56N12O6/c48-18-9-8-16-37(43(50)61)55-45(63)39(20-28-10-2-1-3-11-28)57-46(64)40(22-30-25-53-36-15-7-5-13-33(30)36)58-47(65)59-19-17-41(59)42(60)38(21-29-24-52-35-14-6-4-12-32(29)35)56-44(62)34(49)23-31-26-51-27-54-31/h1-7,10-15,24-27,34,37-41,52-53H,8-9,16-23,48-49H2,(H2,50,61)(H,51,54)(H,55,63)(H,56,62)(H,57,64)(H,58,65)/t34-,37-,38+,39+,40-,41?/m0/s1. The van der Waals surface area contributed by atoms with Gasteiger partial charge in [-0.3, -0.25) is 24.0 Å². The summed E-state index contributed by atoms with van der Waals surface area (Å²) in [6, 6.07) is 17.1. The molecule has 7 rings (SSSR count). The van der Waals surface area contributed by atoms with Gasteiger partial charge >= 0.3 is 6.03 Å². The summed E-state index contributed by atoms with van der Waals surface area (Å²) in [5.41, 5.74) is 22.2. The number of Topliss-reactive ketones (excluding diaryl/α,β-unsaturated/α-hetero) is 1. The number of likely N-dealkylation sites (tertiary alicyclic amines) is 1. The number of H-pyrrole nitrogens is 3. The molecule has 340 valence electrons. The Morgan fingerprint density at radius 3 is 1.85 bits per heavy atom. The number of nitrogens with two attached hydrogens (primary N) is 3. The van der Waals surface area contributed by atoms with Gasteiger partial charge in [-0.1, -0.05) is 66.7 Å². The molecule has 1 fully saturated rings. The Balaban J connectivity index is 1.12. The fourth-order valence-corrected chi connectivity index (χ4v) is 8.25. The number of para-hydroxylation sites is 2. The van der Waals surface area contributed by atoms with E-state index >= 15 is 0 Å². The molecule has 18 nitrogen and oxygen atoms in total. The summed E-state index contributed by atoms with van der Waals surface area (Å²) < 4.78 is 0. The van der Waals surface area contributed by atoms with Gasteiger partial charge in [-0.15, -0.1) is 0 Å². The second-order valence-electron chi connectivity index (χ2n) is 16.5. The van der Waals surface area contributed by atoms with E-state index in [-0.39, 0.29) is 38.6 Å². The summed E-state index contributed by atoms with van der Waals surface area (Å²) in [6.07, 6.45) is 8.74. The maximum atomic E-state index is 14.5. The number of urea groups is 1. The molecule has 6 atom stereocenters. The Kier molecular flexibility index (Phi) is 15.0. The average Bonchev–Trinajstić information content (AvgIpc) is 4.06. The van der Waals surface area contributed by atoms with Crippen molar-refractivity contribution >= 4 is 57.2 Å². The molecule has 0 bridgehead atoms. The van der Waals surface area contributed by atoms with Crippen molar-refractivity contribution in [3.63, 3.8) is 0 Å². The topological polar surface area (TPSA) is 292 Å². The fourth-order valence-electron chi connectivity index (χ4n) is 8.25. The van der Waals surface area contributed by atoms with E-state index in [1.165, 1.54) is 11.2 Å². The van der Waals surface area contributed by atoms with Gasteiger partial charge in [0, 0.05) is 78.3 Å². The van der Waals surface area contributed by atoms with Crippen molar-refractivity contribution in [3.8, 4) is 0 Å². The number of amides is 6. The first kappa shape index (κ1) is 45.7. The van der Waals surface area contributed by atoms with Crippen LogP contribution in [0.5, 0.6) is 0 Å². The van der Waals surface area contributed by atoms with Crippen LogP contribution in [-0.2, 0) is 49.7 Å². The van der Waals surface area contributed by atoms with E-state index in [9.17, 15) is 28.8 Å². The highest BCUT2D eigenvalue weighted by molar-refractivity contribution is 5.99. The van der Waals surface area contributed by atoms with Crippen LogP contribution in [0.15, 0.2) is 104 Å². The maximum absolute atomic E-state index is 14.5. The van der Waals surface area contributed by atoms with Gasteiger partial charge in [0.05, 0.1) is 24.5 Å². The number of aromatic nitrogens is 4. The predicted molar refractivity (Wildman–Crippen MR) is 245 cm³/mol. The number of nitrogens with zero attached hydrogens (tertiary/aromatic N) is 2. The SMILES string of the molecule is NCCCC[C@H](NC(=O)[C@@H](Cc1ccccc1)NC(=O)[C@H](Cc1c[nH]c2ccccc12)NC(=O)N1CCC1C(=O)[C@@H](Cc1c[nH]c2ccccc12)NC(=O)[C@@H](N)Cc1cnc[nH]1)C(N)=O. The lowest BCUT2D eigenvalue weighted by atomic mass is 9.90. The van der Waals surface area contributed by atoms with Crippen molar-refractivity contribution < 1.29 is 28.8 Å². The molecule has 13 N–H and O–H groups in total. The van der Waals surface area contributed by atoms with Gasteiger partial charge in [0.1, 0.15) is 18.1 Å². The zero-order valence-electron chi connectivity index (χ0n) is 35.9. The lowest BCUT2D eigenvalue weighted by Crippen LogP contribution is -2.65. The van der Waals surface area contributed by atoms with Gasteiger partial charge in [-0.05, 0) is 61.1 Å². The van der Waals surface area contributed by atoms with Crippen LogP contribution < -0.4 is 38.5 Å². The van der Waals surface area contributed by atoms with Gasteiger partial charge in [0.2, 0.25) is 23.6 Å². The number of imidazole rings is 1. The molecule has 18 heteroatoms. The second kappa shape index (κ2) is 21.4. The first-order valence-corrected chi connectivity index (χ1v) is 21.9. The van der Waals surface area contributed by atoms with E-state index in [4.69, 9.17) is 17.2 Å². The number of primary amides is 1. The summed E-state index contributed by atoms with van der Waals surface area (Å²) >= 11 is 0. The highest BCUT2D eigenvalue weighted by Crippen LogP contribution is 2.25. The van der Waals surface area contributed by atoms with Crippen LogP contribution in [0.3, 0.4) is 0 Å². The summed E-state index contributed by atoms with van der Waals surface area (Å²) in [6.45, 7) is 0.612. The fraction of sp³-hybridized carbons (Fsp3) is 0.340. The number of nitrogens with one attached hydrogen (secondary N) is 7. The number of aromatic amines is 3. The molecule has 0 saturated carbocycles. The van der Waals surface area contributed by atoms with Crippen molar-refractivity contribution in [2.75, 3.05) is 13.1 Å². The highest BCUT2D eigenvalue weighted by Gasteiger charge is 2.43. The molecule has 6 amide bonds. The van der Waals surface area contributed by atoms with Crippen LogP contribution in [-0.4, -0.2) is 110 Å². The molecule has 0 spiro atoms. The van der Waals surface area contributed by atoms with Gasteiger partial charge < -0.3 is 58.3 Å². The third kappa shape index (κ3) is 11.5. The Morgan fingerprint density at radius 1 is 0.677 bits per heavy atom. The highest BCUT2D eigenvalue weighted by atomic mass is 16.2. The number of unbranched alkanes of at least 4 members (excludes halogenated alkanes) is 1. The third-order valence-electron chi connectivity index (χ3n) is 11.9. The molecule has 1 aliphatic rings. The summed E-state index contributed by atoms with van der Waals surface area (Å²) in [5, 5.41) is 13.0. The number of carbonyl (C=O) groups is 6. The van der Waals surface area contributed by atoms with Gasteiger partial charge in [-0.2, -0.15) is 0 Å². The van der Waals surface area contributed by atoms with Gasteiger partial charge in [0.25, 0.3) is 0 Å². The Labute approximate surface area is 375 Å². The first-order valence-electron chi connectivity index (χ1n) is 21.9. The number of rotatable bonds is 22. The van der Waals surface area contributed by atoms with E-state index in [2.05, 4.69) is 41.2 Å². The number of benzene rings is 3. The largest absolute Gasteiger partial charge is 0.368 e.